The number of fused-ring (bicyclic) bond motifs is 5. The van der Waals surface area contributed by atoms with E-state index in [0.29, 0.717) is 60.7 Å². The number of para-hydroxylation sites is 5. The van der Waals surface area contributed by atoms with Gasteiger partial charge in [-0.15, -0.1) is 0 Å². The van der Waals surface area contributed by atoms with Crippen molar-refractivity contribution in [2.24, 2.45) is 0 Å². The Hall–Kier alpha value is -6.60. The minimum absolute atomic E-state index is 0.0527. The predicted octanol–water partition coefficient (Wildman–Crippen LogP) is 9.65. The molecular formula is C46H35N3O4. The molecular weight excluding hydrogens is 659 g/mol. The second kappa shape index (κ2) is 12.0. The zero-order chi connectivity index (χ0) is 36.7. The number of hydrogen-bond donors (Lipinski definition) is 0. The zero-order valence-electron chi connectivity index (χ0n) is 29.8. The Morgan fingerprint density at radius 2 is 0.736 bits per heavy atom. The largest absolute Gasteiger partial charge is 0.307 e. The van der Waals surface area contributed by atoms with Crippen molar-refractivity contribution < 1.29 is 9.59 Å². The number of rotatable bonds is 5. The molecule has 0 fully saturated rings. The van der Waals surface area contributed by atoms with Crippen molar-refractivity contribution in [2.45, 2.75) is 39.5 Å². The number of imide groups is 1. The Labute approximate surface area is 305 Å². The topological polar surface area (TPSA) is 81.4 Å². The molecule has 2 amide bonds. The van der Waals surface area contributed by atoms with Gasteiger partial charge in [-0.1, -0.05) is 94.4 Å². The first kappa shape index (κ1) is 32.3. The maximum absolute atomic E-state index is 14.8. The van der Waals surface area contributed by atoms with E-state index in [2.05, 4.69) is 27.7 Å². The van der Waals surface area contributed by atoms with Crippen molar-refractivity contribution >= 4 is 61.1 Å². The average Bonchev–Trinajstić information content (AvgIpc) is 3.42. The number of nitrogens with zero attached hydrogens (tertiary/aromatic N) is 3. The van der Waals surface area contributed by atoms with E-state index in [1.165, 1.54) is 4.90 Å². The van der Waals surface area contributed by atoms with Crippen LogP contribution in [0.1, 0.15) is 71.4 Å². The molecule has 3 heterocycles. The molecule has 0 atom stereocenters. The fourth-order valence-electron chi connectivity index (χ4n) is 8.11. The summed E-state index contributed by atoms with van der Waals surface area (Å²) in [5.41, 5.74) is 6.55. The lowest BCUT2D eigenvalue weighted by molar-refractivity contribution is 0.0925. The van der Waals surface area contributed by atoms with E-state index in [1.807, 2.05) is 124 Å². The van der Waals surface area contributed by atoms with Gasteiger partial charge >= 0.3 is 0 Å². The molecule has 2 aromatic heterocycles. The molecule has 0 bridgehead atoms. The zero-order valence-corrected chi connectivity index (χ0v) is 29.8. The summed E-state index contributed by atoms with van der Waals surface area (Å²) in [5, 5.41) is 2.07. The second-order valence-corrected chi connectivity index (χ2v) is 14.3. The highest BCUT2D eigenvalue weighted by Crippen LogP contribution is 2.42. The highest BCUT2D eigenvalue weighted by Gasteiger charge is 2.41. The molecule has 7 heteroatoms. The van der Waals surface area contributed by atoms with Crippen LogP contribution >= 0.6 is 0 Å². The Kier molecular flexibility index (Phi) is 7.31. The predicted molar refractivity (Wildman–Crippen MR) is 213 cm³/mol. The number of amides is 2. The van der Waals surface area contributed by atoms with Crippen LogP contribution in [0.2, 0.25) is 0 Å². The van der Waals surface area contributed by atoms with Gasteiger partial charge in [0.2, 0.25) is 0 Å². The summed E-state index contributed by atoms with van der Waals surface area (Å²) in [6.07, 6.45) is 0. The van der Waals surface area contributed by atoms with Crippen LogP contribution in [-0.2, 0) is 0 Å². The highest BCUT2D eigenvalue weighted by atomic mass is 16.2. The number of pyridine rings is 2. The number of carbonyl (C=O) groups excluding carboxylic acids is 2. The molecule has 0 unspecified atom stereocenters. The minimum atomic E-state index is -0.405. The van der Waals surface area contributed by atoms with Crippen LogP contribution in [0.3, 0.4) is 0 Å². The lowest BCUT2D eigenvalue weighted by Gasteiger charge is -2.25. The van der Waals surface area contributed by atoms with E-state index >= 15 is 0 Å². The van der Waals surface area contributed by atoms with Gasteiger partial charge in [0, 0.05) is 21.5 Å². The summed E-state index contributed by atoms with van der Waals surface area (Å²) < 4.78 is 4.01. The molecule has 0 spiro atoms. The van der Waals surface area contributed by atoms with Gasteiger partial charge in [0.05, 0.1) is 50.3 Å². The summed E-state index contributed by atoms with van der Waals surface area (Å²) in [6, 6.07) is 39.3. The molecule has 0 radical (unpaired) electrons. The lowest BCUT2D eigenvalue weighted by atomic mass is 9.92. The fraction of sp³-hybridized carbons (Fsp3) is 0.130. The Morgan fingerprint density at radius 3 is 1.06 bits per heavy atom. The molecule has 6 aromatic carbocycles. The summed E-state index contributed by atoms with van der Waals surface area (Å²) in [4.78, 5) is 58.8. The van der Waals surface area contributed by atoms with Gasteiger partial charge < -0.3 is 9.13 Å². The number of carbonyl (C=O) groups is 2. The van der Waals surface area contributed by atoms with Crippen molar-refractivity contribution in [3.8, 4) is 11.4 Å². The van der Waals surface area contributed by atoms with E-state index in [4.69, 9.17) is 0 Å². The van der Waals surface area contributed by atoms with Gasteiger partial charge in [-0.2, -0.15) is 0 Å². The third kappa shape index (κ3) is 4.66. The first-order valence-electron chi connectivity index (χ1n) is 17.9. The Balaban J connectivity index is 1.46. The first-order valence-corrected chi connectivity index (χ1v) is 17.9. The van der Waals surface area contributed by atoms with Crippen molar-refractivity contribution in [2.75, 3.05) is 4.90 Å². The summed E-state index contributed by atoms with van der Waals surface area (Å²) in [6.45, 7) is 8.26. The standard InChI is InChI=1S/C46H35N3O4/c1-26(2)28-18-13-19-29(27(3)4)42(28)49-45(52)34-24-40(47-36-20-9-5-14-30(36)43(50)31-15-6-10-21-37(31)47)41(25-35(34)46(49)53)48-38-22-11-7-16-32(38)44(51)33-17-8-12-23-39(33)48/h5-27H,1-4H3. The molecule has 0 saturated heterocycles. The van der Waals surface area contributed by atoms with Gasteiger partial charge in [-0.25, -0.2) is 4.90 Å². The molecule has 1 aliphatic heterocycles. The van der Waals surface area contributed by atoms with E-state index in [9.17, 15) is 19.2 Å². The highest BCUT2D eigenvalue weighted by molar-refractivity contribution is 6.35. The van der Waals surface area contributed by atoms with Crippen LogP contribution in [0.25, 0.3) is 55.0 Å². The third-order valence-corrected chi connectivity index (χ3v) is 10.6. The van der Waals surface area contributed by atoms with E-state index in [1.54, 1.807) is 12.1 Å². The van der Waals surface area contributed by atoms with Crippen LogP contribution in [-0.4, -0.2) is 20.9 Å². The number of hydrogen-bond acceptors (Lipinski definition) is 4. The maximum Gasteiger partial charge on any atom is 0.266 e. The van der Waals surface area contributed by atoms with Crippen molar-refractivity contribution in [1.29, 1.82) is 0 Å². The molecule has 7 nitrogen and oxygen atoms in total. The monoisotopic (exact) mass is 693 g/mol. The van der Waals surface area contributed by atoms with Crippen LogP contribution in [0.15, 0.2) is 137 Å². The van der Waals surface area contributed by atoms with E-state index in [-0.39, 0.29) is 33.8 Å². The third-order valence-electron chi connectivity index (χ3n) is 10.6. The van der Waals surface area contributed by atoms with Gasteiger partial charge in [-0.05, 0) is 83.6 Å². The molecule has 8 aromatic rings. The summed E-state index contributed by atoms with van der Waals surface area (Å²) in [5.74, 6) is -0.706. The molecule has 0 saturated carbocycles. The molecule has 0 aliphatic carbocycles. The quantitative estimate of drug-likeness (QED) is 0.133. The maximum atomic E-state index is 14.8. The summed E-state index contributed by atoms with van der Waals surface area (Å²) >= 11 is 0. The first-order chi connectivity index (χ1) is 25.7. The van der Waals surface area contributed by atoms with Gasteiger partial charge in [0.25, 0.3) is 11.8 Å². The molecule has 0 N–H and O–H groups in total. The molecule has 53 heavy (non-hydrogen) atoms. The van der Waals surface area contributed by atoms with E-state index in [0.717, 1.165) is 11.1 Å². The van der Waals surface area contributed by atoms with Crippen molar-refractivity contribution in [3.05, 3.63) is 170 Å². The smallest absolute Gasteiger partial charge is 0.266 e. The van der Waals surface area contributed by atoms with Crippen LogP contribution in [0.4, 0.5) is 5.69 Å². The van der Waals surface area contributed by atoms with Crippen LogP contribution < -0.4 is 15.8 Å². The van der Waals surface area contributed by atoms with Gasteiger partial charge in [0.1, 0.15) is 0 Å². The van der Waals surface area contributed by atoms with Gasteiger partial charge in [-0.3, -0.25) is 19.2 Å². The second-order valence-electron chi connectivity index (χ2n) is 14.3. The normalized spacial score (nSPS) is 13.1. The lowest BCUT2D eigenvalue weighted by Crippen LogP contribution is -2.31. The number of benzene rings is 6. The van der Waals surface area contributed by atoms with Crippen LogP contribution in [0, 0.1) is 0 Å². The van der Waals surface area contributed by atoms with E-state index < -0.39 is 11.8 Å². The number of anilines is 1. The SMILES string of the molecule is CC(C)c1cccc(C(C)C)c1N1C(=O)c2cc(-n3c4ccccc4c(=O)c4ccccc43)c(-n3c4ccccc4c(=O)c4ccccc43)cc2C1=O. The minimum Gasteiger partial charge on any atom is -0.307 e. The molecule has 1 aliphatic rings. The van der Waals surface area contributed by atoms with Crippen LogP contribution in [0.5, 0.6) is 0 Å². The van der Waals surface area contributed by atoms with Crippen molar-refractivity contribution in [3.63, 3.8) is 0 Å². The Morgan fingerprint density at radius 1 is 0.415 bits per heavy atom. The van der Waals surface area contributed by atoms with Crippen molar-refractivity contribution in [1.82, 2.24) is 9.13 Å². The summed E-state index contributed by atoms with van der Waals surface area (Å²) in [7, 11) is 0. The van der Waals surface area contributed by atoms with Gasteiger partial charge in [0.15, 0.2) is 10.9 Å². The average molecular weight is 694 g/mol. The fourth-order valence-corrected chi connectivity index (χ4v) is 8.11. The molecule has 9 rings (SSSR count). The molecule has 258 valence electrons. The number of aromatic nitrogens is 2. The Bertz CT molecular complexity index is 2690.